The third kappa shape index (κ3) is 2.48. The lowest BCUT2D eigenvalue weighted by Gasteiger charge is -2.09. The average molecular weight is 293 g/mol. The van der Waals surface area contributed by atoms with Crippen molar-refractivity contribution in [1.82, 2.24) is 9.97 Å². The number of benzene rings is 1. The molecule has 2 N–H and O–H groups in total. The smallest absolute Gasteiger partial charge is 0.255 e. The van der Waals surface area contributed by atoms with Crippen LogP contribution in [0.3, 0.4) is 0 Å². The number of pyridine rings is 2. The van der Waals surface area contributed by atoms with Crippen LogP contribution in [0, 0.1) is 13.8 Å². The molecule has 0 radical (unpaired) electrons. The molecule has 0 bridgehead atoms. The van der Waals surface area contributed by atoms with Gasteiger partial charge in [-0.2, -0.15) is 0 Å². The lowest BCUT2D eigenvalue weighted by molar-refractivity contribution is 0.102. The Morgan fingerprint density at radius 2 is 1.82 bits per heavy atom. The molecular weight excluding hydrogens is 278 g/mol. The average Bonchev–Trinajstić information content (AvgIpc) is 2.53. The highest BCUT2D eigenvalue weighted by molar-refractivity contribution is 6.05. The quantitative estimate of drug-likeness (QED) is 0.763. The molecule has 0 saturated heterocycles. The van der Waals surface area contributed by atoms with Gasteiger partial charge in [0.15, 0.2) is 0 Å². The summed E-state index contributed by atoms with van der Waals surface area (Å²) in [5, 5.41) is 3.79. The molecule has 0 atom stereocenters. The molecule has 22 heavy (non-hydrogen) atoms. The Morgan fingerprint density at radius 3 is 2.55 bits per heavy atom. The summed E-state index contributed by atoms with van der Waals surface area (Å²) >= 11 is 0. The first kappa shape index (κ1) is 14.0. The fourth-order valence-corrected chi connectivity index (χ4v) is 2.35. The van der Waals surface area contributed by atoms with Gasteiger partial charge in [-0.05, 0) is 43.7 Å². The van der Waals surface area contributed by atoms with Gasteiger partial charge in [0.05, 0.1) is 5.52 Å². The second-order valence-electron chi connectivity index (χ2n) is 5.15. The van der Waals surface area contributed by atoms with Gasteiger partial charge in [0.1, 0.15) is 0 Å². The topological polar surface area (TPSA) is 74.8 Å². The maximum absolute atomic E-state index is 12.1. The number of amides is 1. The fraction of sp³-hybridized carbons (Fsp3) is 0.118. The Morgan fingerprint density at radius 1 is 1.09 bits per heavy atom. The van der Waals surface area contributed by atoms with Crippen molar-refractivity contribution in [3.63, 3.8) is 0 Å². The minimum absolute atomic E-state index is 0.109. The van der Waals surface area contributed by atoms with Gasteiger partial charge >= 0.3 is 0 Å². The van der Waals surface area contributed by atoms with Crippen LogP contribution in [0.5, 0.6) is 0 Å². The molecule has 3 rings (SSSR count). The number of carbonyl (C=O) groups excluding carboxylic acids is 1. The molecule has 0 fully saturated rings. The highest BCUT2D eigenvalue weighted by Gasteiger charge is 2.08. The first-order valence-corrected chi connectivity index (χ1v) is 6.91. The number of H-pyrrole nitrogens is 1. The number of nitrogens with zero attached hydrogens (tertiary/aromatic N) is 1. The predicted molar refractivity (Wildman–Crippen MR) is 86.2 cm³/mol. The lowest BCUT2D eigenvalue weighted by atomic mass is 10.1. The van der Waals surface area contributed by atoms with Gasteiger partial charge < -0.3 is 10.3 Å². The van der Waals surface area contributed by atoms with Gasteiger partial charge in [0, 0.05) is 34.6 Å². The molecule has 2 heterocycles. The van der Waals surface area contributed by atoms with E-state index in [9.17, 15) is 9.59 Å². The van der Waals surface area contributed by atoms with Crippen molar-refractivity contribution < 1.29 is 4.79 Å². The van der Waals surface area contributed by atoms with E-state index in [4.69, 9.17) is 0 Å². The zero-order valence-electron chi connectivity index (χ0n) is 12.3. The summed E-state index contributed by atoms with van der Waals surface area (Å²) < 4.78 is 0. The number of hydrogen-bond donors (Lipinski definition) is 2. The largest absolute Gasteiger partial charge is 0.322 e. The Balaban J connectivity index is 1.98. The van der Waals surface area contributed by atoms with E-state index < -0.39 is 0 Å². The van der Waals surface area contributed by atoms with Crippen LogP contribution < -0.4 is 10.9 Å². The van der Waals surface area contributed by atoms with Gasteiger partial charge in [-0.25, -0.2) is 0 Å². The Hall–Kier alpha value is -2.95. The van der Waals surface area contributed by atoms with Gasteiger partial charge in [0.25, 0.3) is 11.5 Å². The van der Waals surface area contributed by atoms with Gasteiger partial charge in [-0.1, -0.05) is 6.07 Å². The van der Waals surface area contributed by atoms with E-state index in [-0.39, 0.29) is 11.5 Å². The highest BCUT2D eigenvalue weighted by Crippen LogP contribution is 2.21. The van der Waals surface area contributed by atoms with Crippen molar-refractivity contribution in [2.75, 3.05) is 5.32 Å². The number of rotatable bonds is 2. The molecule has 0 unspecified atom stereocenters. The third-order valence-corrected chi connectivity index (χ3v) is 3.78. The summed E-state index contributed by atoms with van der Waals surface area (Å²) in [5.41, 5.74) is 3.42. The Bertz CT molecular complexity index is 914. The van der Waals surface area contributed by atoms with Gasteiger partial charge in [-0.15, -0.1) is 0 Å². The van der Waals surface area contributed by atoms with Crippen molar-refractivity contribution in [3.8, 4) is 0 Å². The van der Waals surface area contributed by atoms with Crippen LogP contribution in [0.4, 0.5) is 5.69 Å². The number of hydrogen-bond acceptors (Lipinski definition) is 3. The zero-order chi connectivity index (χ0) is 15.7. The minimum Gasteiger partial charge on any atom is -0.322 e. The first-order chi connectivity index (χ1) is 10.6. The molecule has 1 amide bonds. The second kappa shape index (κ2) is 5.44. The lowest BCUT2D eigenvalue weighted by Crippen LogP contribution is -2.13. The maximum atomic E-state index is 12.1. The standard InChI is InChI=1S/C17H15N3O2/c1-10-11(2)16(21)20-15-9-13(3-4-14(10)15)19-17(22)12-5-7-18-8-6-12/h3-9H,1-2H3,(H,19,22)(H,20,21). The van der Waals surface area contributed by atoms with E-state index in [1.54, 1.807) is 37.5 Å². The molecule has 0 aliphatic rings. The fourth-order valence-electron chi connectivity index (χ4n) is 2.35. The number of aromatic amines is 1. The Kier molecular flexibility index (Phi) is 3.47. The molecule has 2 aromatic heterocycles. The van der Waals surface area contributed by atoms with Crippen LogP contribution in [0.15, 0.2) is 47.5 Å². The summed E-state index contributed by atoms with van der Waals surface area (Å²) in [6.45, 7) is 3.72. The summed E-state index contributed by atoms with van der Waals surface area (Å²) in [7, 11) is 0. The highest BCUT2D eigenvalue weighted by atomic mass is 16.1. The van der Waals surface area contributed by atoms with Crippen molar-refractivity contribution in [1.29, 1.82) is 0 Å². The van der Waals surface area contributed by atoms with Crippen LogP contribution in [0.25, 0.3) is 10.9 Å². The number of nitrogens with one attached hydrogen (secondary N) is 2. The summed E-state index contributed by atoms with van der Waals surface area (Å²) in [4.78, 5) is 30.7. The summed E-state index contributed by atoms with van der Waals surface area (Å²) in [5.74, 6) is -0.215. The monoisotopic (exact) mass is 293 g/mol. The molecule has 5 heteroatoms. The Labute approximate surface area is 127 Å². The van der Waals surface area contributed by atoms with E-state index in [0.29, 0.717) is 22.3 Å². The third-order valence-electron chi connectivity index (χ3n) is 3.78. The van der Waals surface area contributed by atoms with E-state index >= 15 is 0 Å². The number of aromatic nitrogens is 2. The van der Waals surface area contributed by atoms with E-state index in [0.717, 1.165) is 10.9 Å². The molecule has 0 saturated carbocycles. The molecular formula is C17H15N3O2. The zero-order valence-corrected chi connectivity index (χ0v) is 12.3. The van der Waals surface area contributed by atoms with Crippen LogP contribution in [-0.2, 0) is 0 Å². The molecule has 1 aromatic carbocycles. The molecule has 110 valence electrons. The van der Waals surface area contributed by atoms with Crippen molar-refractivity contribution >= 4 is 22.5 Å². The summed E-state index contributed by atoms with van der Waals surface area (Å²) in [6.07, 6.45) is 3.14. The molecule has 3 aromatic rings. The number of aryl methyl sites for hydroxylation is 1. The molecule has 0 spiro atoms. The second-order valence-corrected chi connectivity index (χ2v) is 5.15. The number of fused-ring (bicyclic) bond motifs is 1. The van der Waals surface area contributed by atoms with Crippen LogP contribution in [0.1, 0.15) is 21.5 Å². The van der Waals surface area contributed by atoms with E-state index in [1.807, 2.05) is 19.1 Å². The number of anilines is 1. The SMILES string of the molecule is Cc1c(C)c2ccc(NC(=O)c3ccncc3)cc2[nH]c1=O. The van der Waals surface area contributed by atoms with Crippen molar-refractivity contribution in [2.45, 2.75) is 13.8 Å². The maximum Gasteiger partial charge on any atom is 0.255 e. The molecule has 0 aliphatic carbocycles. The molecule has 5 nitrogen and oxygen atoms in total. The van der Waals surface area contributed by atoms with E-state index in [2.05, 4.69) is 15.3 Å². The minimum atomic E-state index is -0.215. The van der Waals surface area contributed by atoms with Crippen LogP contribution in [0.2, 0.25) is 0 Å². The number of carbonyl (C=O) groups is 1. The predicted octanol–water partition coefficient (Wildman–Crippen LogP) is 2.79. The van der Waals surface area contributed by atoms with Gasteiger partial charge in [-0.3, -0.25) is 14.6 Å². The first-order valence-electron chi connectivity index (χ1n) is 6.91. The van der Waals surface area contributed by atoms with Crippen LogP contribution >= 0.6 is 0 Å². The summed E-state index contributed by atoms with van der Waals surface area (Å²) in [6, 6.07) is 8.78. The van der Waals surface area contributed by atoms with Crippen LogP contribution in [-0.4, -0.2) is 15.9 Å². The van der Waals surface area contributed by atoms with E-state index in [1.165, 1.54) is 0 Å². The van der Waals surface area contributed by atoms with Crippen molar-refractivity contribution in [3.05, 3.63) is 69.8 Å². The van der Waals surface area contributed by atoms with Crippen molar-refractivity contribution in [2.24, 2.45) is 0 Å². The molecule has 0 aliphatic heterocycles. The van der Waals surface area contributed by atoms with Gasteiger partial charge in [0.2, 0.25) is 0 Å². The normalized spacial score (nSPS) is 10.6.